The molecule has 0 fully saturated rings. The molecule has 1 heterocycles. The smallest absolute Gasteiger partial charge is 0.354 e. The van der Waals surface area contributed by atoms with E-state index in [2.05, 4.69) is 5.10 Å². The van der Waals surface area contributed by atoms with Crippen LogP contribution in [-0.4, -0.2) is 32.6 Å². The predicted octanol–water partition coefficient (Wildman–Crippen LogP) is 0.707. The summed E-state index contributed by atoms with van der Waals surface area (Å²) in [6.45, 7) is 1.64. The molecule has 0 saturated carbocycles. The fourth-order valence-electron chi connectivity index (χ4n) is 1.87. The van der Waals surface area contributed by atoms with Crippen molar-refractivity contribution in [2.75, 3.05) is 6.61 Å². The van der Waals surface area contributed by atoms with Crippen LogP contribution in [0.5, 0.6) is 0 Å². The third-order valence-electron chi connectivity index (χ3n) is 2.85. The number of aromatic nitrogens is 2. The Labute approximate surface area is 108 Å². The van der Waals surface area contributed by atoms with Gasteiger partial charge in [-0.1, -0.05) is 17.7 Å². The molecule has 0 spiro atoms. The second-order valence-electron chi connectivity index (χ2n) is 4.22. The molecule has 2 aromatic rings. The van der Waals surface area contributed by atoms with Gasteiger partial charge in [-0.2, -0.15) is 0 Å². The van der Waals surface area contributed by atoms with Gasteiger partial charge in [-0.15, -0.1) is 0 Å². The zero-order valence-corrected chi connectivity index (χ0v) is 10.4. The van der Waals surface area contributed by atoms with Gasteiger partial charge in [0.2, 0.25) is 0 Å². The number of carbonyl (C=O) groups is 1. The molecule has 6 heteroatoms. The molecule has 0 atom stereocenters. The Morgan fingerprint density at radius 1 is 1.32 bits per heavy atom. The third-order valence-corrected chi connectivity index (χ3v) is 2.85. The molecular formula is C13H14N2O4. The van der Waals surface area contributed by atoms with Gasteiger partial charge in [0, 0.05) is 13.0 Å². The van der Waals surface area contributed by atoms with E-state index in [-0.39, 0.29) is 24.3 Å². The number of nitrogens with zero attached hydrogens (tertiary/aromatic N) is 1. The molecule has 1 aromatic heterocycles. The molecule has 100 valence electrons. The van der Waals surface area contributed by atoms with Crippen LogP contribution in [0.4, 0.5) is 0 Å². The number of aryl methyl sites for hydroxylation is 1. The Morgan fingerprint density at radius 3 is 2.47 bits per heavy atom. The minimum atomic E-state index is -1.22. The van der Waals surface area contributed by atoms with Crippen molar-refractivity contribution in [2.45, 2.75) is 13.3 Å². The molecule has 0 saturated heterocycles. The summed E-state index contributed by atoms with van der Waals surface area (Å²) in [6.07, 6.45) is 0.00975. The highest BCUT2D eigenvalue weighted by Crippen LogP contribution is 2.09. The second kappa shape index (κ2) is 5.11. The summed E-state index contributed by atoms with van der Waals surface area (Å²) in [5, 5.41) is 20.5. The third kappa shape index (κ3) is 2.43. The SMILES string of the molecule is Cc1ccc(-n2[nH]c(C(=O)O)c(CCO)c2=O)cc1. The van der Waals surface area contributed by atoms with E-state index in [1.165, 1.54) is 4.68 Å². The molecule has 0 aliphatic carbocycles. The predicted molar refractivity (Wildman–Crippen MR) is 68.9 cm³/mol. The first kappa shape index (κ1) is 13.1. The van der Waals surface area contributed by atoms with Gasteiger partial charge in [-0.3, -0.25) is 9.89 Å². The van der Waals surface area contributed by atoms with Crippen LogP contribution in [0, 0.1) is 6.92 Å². The molecule has 0 amide bonds. The van der Waals surface area contributed by atoms with Crippen molar-refractivity contribution in [1.29, 1.82) is 0 Å². The number of rotatable bonds is 4. The number of aliphatic hydroxyl groups excluding tert-OH is 1. The summed E-state index contributed by atoms with van der Waals surface area (Å²) in [7, 11) is 0. The standard InChI is InChI=1S/C13H14N2O4/c1-8-2-4-9(5-3-8)15-12(17)10(6-7-16)11(14-15)13(18)19/h2-5,14,16H,6-7H2,1H3,(H,18,19). The number of nitrogens with one attached hydrogen (secondary N) is 1. The average Bonchev–Trinajstić information content (AvgIpc) is 2.69. The zero-order valence-electron chi connectivity index (χ0n) is 10.4. The lowest BCUT2D eigenvalue weighted by molar-refractivity contribution is 0.0688. The van der Waals surface area contributed by atoms with Gasteiger partial charge in [-0.25, -0.2) is 9.48 Å². The van der Waals surface area contributed by atoms with E-state index in [0.29, 0.717) is 5.69 Å². The van der Waals surface area contributed by atoms with E-state index in [1.807, 2.05) is 19.1 Å². The first-order chi connectivity index (χ1) is 9.04. The minimum absolute atomic E-state index is 0.00975. The number of carboxylic acid groups (broad SMARTS) is 1. The van der Waals surface area contributed by atoms with Gasteiger partial charge < -0.3 is 10.2 Å². The largest absolute Gasteiger partial charge is 0.477 e. The van der Waals surface area contributed by atoms with E-state index in [1.54, 1.807) is 12.1 Å². The quantitative estimate of drug-likeness (QED) is 0.756. The zero-order chi connectivity index (χ0) is 14.0. The maximum absolute atomic E-state index is 12.1. The number of benzene rings is 1. The van der Waals surface area contributed by atoms with Crippen LogP contribution in [0.25, 0.3) is 5.69 Å². The second-order valence-corrected chi connectivity index (χ2v) is 4.22. The van der Waals surface area contributed by atoms with E-state index in [0.717, 1.165) is 5.56 Å². The molecule has 1 aromatic carbocycles. The number of carboxylic acids is 1. The first-order valence-electron chi connectivity index (χ1n) is 5.79. The summed E-state index contributed by atoms with van der Waals surface area (Å²) in [5.41, 5.74) is 1.05. The normalized spacial score (nSPS) is 10.6. The van der Waals surface area contributed by atoms with E-state index >= 15 is 0 Å². The van der Waals surface area contributed by atoms with Crippen molar-refractivity contribution in [3.63, 3.8) is 0 Å². The lowest BCUT2D eigenvalue weighted by Gasteiger charge is -2.01. The lowest BCUT2D eigenvalue weighted by atomic mass is 10.2. The number of H-pyrrole nitrogens is 1. The summed E-state index contributed by atoms with van der Waals surface area (Å²) in [4.78, 5) is 23.2. The molecule has 0 radical (unpaired) electrons. The number of aromatic carboxylic acids is 1. The van der Waals surface area contributed by atoms with E-state index < -0.39 is 11.5 Å². The van der Waals surface area contributed by atoms with Crippen LogP contribution in [0.2, 0.25) is 0 Å². The van der Waals surface area contributed by atoms with Crippen LogP contribution >= 0.6 is 0 Å². The molecule has 19 heavy (non-hydrogen) atoms. The van der Waals surface area contributed by atoms with Gasteiger partial charge in [0.25, 0.3) is 5.56 Å². The monoisotopic (exact) mass is 262 g/mol. The first-order valence-corrected chi connectivity index (χ1v) is 5.79. The number of aromatic amines is 1. The Balaban J connectivity index is 2.59. The maximum Gasteiger partial charge on any atom is 0.354 e. The van der Waals surface area contributed by atoms with Gasteiger partial charge in [-0.05, 0) is 19.1 Å². The molecule has 0 aliphatic rings. The lowest BCUT2D eigenvalue weighted by Crippen LogP contribution is -2.18. The number of hydrogen-bond acceptors (Lipinski definition) is 3. The van der Waals surface area contributed by atoms with Crippen LogP contribution in [0.1, 0.15) is 21.6 Å². The van der Waals surface area contributed by atoms with Crippen molar-refractivity contribution >= 4 is 5.97 Å². The van der Waals surface area contributed by atoms with Crippen LogP contribution in [0.3, 0.4) is 0 Å². The molecular weight excluding hydrogens is 248 g/mol. The highest BCUT2D eigenvalue weighted by molar-refractivity contribution is 5.87. The molecule has 0 bridgehead atoms. The van der Waals surface area contributed by atoms with Crippen molar-refractivity contribution < 1.29 is 15.0 Å². The molecule has 6 nitrogen and oxygen atoms in total. The van der Waals surface area contributed by atoms with Gasteiger partial charge >= 0.3 is 5.97 Å². The Hall–Kier alpha value is -2.34. The average molecular weight is 262 g/mol. The van der Waals surface area contributed by atoms with Gasteiger partial charge in [0.05, 0.1) is 11.3 Å². The van der Waals surface area contributed by atoms with Crippen molar-refractivity contribution in [2.24, 2.45) is 0 Å². The fraction of sp³-hybridized carbons (Fsp3) is 0.231. The van der Waals surface area contributed by atoms with Crippen LogP contribution < -0.4 is 5.56 Å². The maximum atomic E-state index is 12.1. The number of aliphatic hydroxyl groups is 1. The highest BCUT2D eigenvalue weighted by Gasteiger charge is 2.19. The molecule has 0 aliphatic heterocycles. The topological polar surface area (TPSA) is 95.3 Å². The van der Waals surface area contributed by atoms with Crippen molar-refractivity contribution in [3.05, 3.63) is 51.4 Å². The van der Waals surface area contributed by atoms with Gasteiger partial charge in [0.1, 0.15) is 5.69 Å². The summed E-state index contributed by atoms with van der Waals surface area (Å²) < 4.78 is 1.17. The Morgan fingerprint density at radius 2 is 1.95 bits per heavy atom. The fourth-order valence-corrected chi connectivity index (χ4v) is 1.87. The summed E-state index contributed by atoms with van der Waals surface area (Å²) >= 11 is 0. The van der Waals surface area contributed by atoms with Crippen LogP contribution in [-0.2, 0) is 6.42 Å². The van der Waals surface area contributed by atoms with Crippen LogP contribution in [0.15, 0.2) is 29.1 Å². The van der Waals surface area contributed by atoms with Crippen molar-refractivity contribution in [1.82, 2.24) is 9.78 Å². The molecule has 3 N–H and O–H groups in total. The summed E-state index contributed by atoms with van der Waals surface area (Å²) in [5.74, 6) is -1.22. The minimum Gasteiger partial charge on any atom is -0.477 e. The molecule has 2 rings (SSSR count). The Bertz CT molecular complexity index is 652. The van der Waals surface area contributed by atoms with E-state index in [9.17, 15) is 9.59 Å². The number of hydrogen-bond donors (Lipinski definition) is 3. The summed E-state index contributed by atoms with van der Waals surface area (Å²) in [6, 6.07) is 7.10. The van der Waals surface area contributed by atoms with E-state index in [4.69, 9.17) is 10.2 Å². The van der Waals surface area contributed by atoms with Gasteiger partial charge in [0.15, 0.2) is 0 Å². The Kier molecular flexibility index (Phi) is 3.52. The van der Waals surface area contributed by atoms with Crippen molar-refractivity contribution in [3.8, 4) is 5.69 Å². The molecule has 0 unspecified atom stereocenters. The highest BCUT2D eigenvalue weighted by atomic mass is 16.4.